The summed E-state index contributed by atoms with van der Waals surface area (Å²) in [6.45, 7) is 1.91. The fourth-order valence-corrected chi connectivity index (χ4v) is 2.53. The molecule has 2 aromatic carbocycles. The highest BCUT2D eigenvalue weighted by Crippen LogP contribution is 2.19. The molecule has 0 aliphatic carbocycles. The lowest BCUT2D eigenvalue weighted by molar-refractivity contribution is -0.138. The maximum Gasteiger partial charge on any atom is 0.336 e. The average molecular weight is 350 g/mol. The first-order chi connectivity index (χ1) is 12.5. The molecule has 26 heavy (non-hydrogen) atoms. The van der Waals surface area contributed by atoms with Gasteiger partial charge in [-0.3, -0.25) is 0 Å². The Morgan fingerprint density at radius 1 is 1.12 bits per heavy atom. The molecule has 0 aliphatic rings. The number of ether oxygens (including phenoxy) is 2. The van der Waals surface area contributed by atoms with Crippen molar-refractivity contribution in [1.82, 2.24) is 0 Å². The van der Waals surface area contributed by atoms with E-state index >= 15 is 0 Å². The number of esters is 1. The molecule has 1 aromatic heterocycles. The first kappa shape index (κ1) is 17.5. The minimum atomic E-state index is -0.491. The molecule has 5 heteroatoms. The lowest BCUT2D eigenvalue weighted by Crippen LogP contribution is -2.05. The molecule has 0 atom stereocenters. The van der Waals surface area contributed by atoms with Gasteiger partial charge in [-0.2, -0.15) is 0 Å². The summed E-state index contributed by atoms with van der Waals surface area (Å²) in [5.41, 5.74) is 2.46. The second-order valence-electron chi connectivity index (χ2n) is 5.80. The Hall–Kier alpha value is -3.34. The van der Waals surface area contributed by atoms with Gasteiger partial charge in [0.25, 0.3) is 0 Å². The molecule has 0 spiro atoms. The van der Waals surface area contributed by atoms with E-state index in [2.05, 4.69) is 0 Å². The molecular weight excluding hydrogens is 332 g/mol. The summed E-state index contributed by atoms with van der Waals surface area (Å²) in [5, 5.41) is 0.752. The highest BCUT2D eigenvalue weighted by molar-refractivity contribution is 5.87. The molecule has 132 valence electrons. The zero-order valence-electron chi connectivity index (χ0n) is 14.5. The lowest BCUT2D eigenvalue weighted by Gasteiger charge is -2.06. The Balaban J connectivity index is 1.70. The summed E-state index contributed by atoms with van der Waals surface area (Å²) in [6, 6.07) is 14.2. The molecule has 0 amide bonds. The van der Waals surface area contributed by atoms with Crippen molar-refractivity contribution >= 4 is 23.0 Å². The Kier molecular flexibility index (Phi) is 5.17. The smallest absolute Gasteiger partial charge is 0.336 e. The number of hydrogen-bond donors (Lipinski definition) is 0. The molecule has 0 radical (unpaired) electrons. The molecule has 3 aromatic rings. The van der Waals surface area contributed by atoms with Gasteiger partial charge in [-0.05, 0) is 42.3 Å². The van der Waals surface area contributed by atoms with Gasteiger partial charge in [-0.15, -0.1) is 0 Å². The quantitative estimate of drug-likeness (QED) is 0.397. The Labute approximate surface area is 150 Å². The van der Waals surface area contributed by atoms with Gasteiger partial charge in [0.1, 0.15) is 17.9 Å². The van der Waals surface area contributed by atoms with Crippen molar-refractivity contribution in [2.45, 2.75) is 13.5 Å². The van der Waals surface area contributed by atoms with E-state index in [1.807, 2.05) is 43.3 Å². The Morgan fingerprint density at radius 2 is 1.88 bits per heavy atom. The first-order valence-corrected chi connectivity index (χ1v) is 8.07. The van der Waals surface area contributed by atoms with Crippen molar-refractivity contribution in [1.29, 1.82) is 0 Å². The second kappa shape index (κ2) is 7.70. The average Bonchev–Trinajstić information content (AvgIpc) is 2.64. The van der Waals surface area contributed by atoms with E-state index in [1.165, 1.54) is 12.1 Å². The molecule has 0 saturated carbocycles. The van der Waals surface area contributed by atoms with Crippen molar-refractivity contribution in [3.8, 4) is 5.75 Å². The van der Waals surface area contributed by atoms with Crippen molar-refractivity contribution in [2.24, 2.45) is 0 Å². The summed E-state index contributed by atoms with van der Waals surface area (Å²) in [6.07, 6.45) is 3.00. The van der Waals surface area contributed by atoms with E-state index in [0.29, 0.717) is 11.1 Å². The fraction of sp³-hybridized carbons (Fsp3) is 0.143. The van der Waals surface area contributed by atoms with Crippen LogP contribution < -0.4 is 10.4 Å². The zero-order chi connectivity index (χ0) is 18.5. The lowest BCUT2D eigenvalue weighted by atomic mass is 10.1. The minimum absolute atomic E-state index is 0.00303. The van der Waals surface area contributed by atoms with E-state index < -0.39 is 11.6 Å². The molecule has 0 N–H and O–H groups in total. The third kappa shape index (κ3) is 4.19. The predicted octanol–water partition coefficient (Wildman–Crippen LogP) is 3.87. The molecule has 0 fully saturated rings. The number of hydrogen-bond acceptors (Lipinski definition) is 5. The number of rotatable bonds is 5. The summed E-state index contributed by atoms with van der Waals surface area (Å²) in [7, 11) is 1.59. The largest absolute Gasteiger partial charge is 0.497 e. The van der Waals surface area contributed by atoms with Crippen molar-refractivity contribution in [3.63, 3.8) is 0 Å². The van der Waals surface area contributed by atoms with Crippen molar-refractivity contribution < 1.29 is 18.7 Å². The van der Waals surface area contributed by atoms with E-state index in [0.717, 1.165) is 22.3 Å². The summed E-state index contributed by atoms with van der Waals surface area (Å²) >= 11 is 0. The van der Waals surface area contributed by atoms with Crippen molar-refractivity contribution in [3.05, 3.63) is 81.7 Å². The molecule has 0 unspecified atom stereocenters. The minimum Gasteiger partial charge on any atom is -0.497 e. The van der Waals surface area contributed by atoms with E-state index in [4.69, 9.17) is 13.9 Å². The van der Waals surface area contributed by atoms with Crippen LogP contribution in [0.4, 0.5) is 0 Å². The van der Waals surface area contributed by atoms with Crippen LogP contribution in [0.5, 0.6) is 5.75 Å². The molecular formula is C21H18O5. The molecule has 5 nitrogen and oxygen atoms in total. The van der Waals surface area contributed by atoms with Crippen LogP contribution in [0.25, 0.3) is 17.0 Å². The van der Waals surface area contributed by atoms with E-state index in [1.54, 1.807) is 19.3 Å². The van der Waals surface area contributed by atoms with E-state index in [9.17, 15) is 9.59 Å². The number of methoxy groups -OCH3 is 1. The zero-order valence-corrected chi connectivity index (χ0v) is 14.5. The molecule has 3 rings (SSSR count). The molecule has 0 aliphatic heterocycles. The van der Waals surface area contributed by atoms with Gasteiger partial charge < -0.3 is 13.9 Å². The van der Waals surface area contributed by atoms with Gasteiger partial charge in [0.2, 0.25) is 0 Å². The monoisotopic (exact) mass is 350 g/mol. The van der Waals surface area contributed by atoms with Gasteiger partial charge >= 0.3 is 11.6 Å². The van der Waals surface area contributed by atoms with Crippen LogP contribution in [0.3, 0.4) is 0 Å². The van der Waals surface area contributed by atoms with E-state index in [-0.39, 0.29) is 6.61 Å². The van der Waals surface area contributed by atoms with Crippen LogP contribution in [0.15, 0.2) is 63.8 Å². The predicted molar refractivity (Wildman–Crippen MR) is 99.0 cm³/mol. The number of carbonyl (C=O) groups is 1. The summed E-state index contributed by atoms with van der Waals surface area (Å²) < 4.78 is 15.5. The standard InChI is InChI=1S/C21H18O5/c1-14-3-9-18-16(12-21(23)26-19(18)11-14)13-25-20(22)10-6-15-4-7-17(24-2)8-5-15/h3-12H,13H2,1-2H3. The highest BCUT2D eigenvalue weighted by atomic mass is 16.5. The molecule has 0 bridgehead atoms. The Bertz CT molecular complexity index is 1010. The van der Waals surface area contributed by atoms with Gasteiger partial charge in [0, 0.05) is 23.1 Å². The number of aryl methyl sites for hydroxylation is 1. The van der Waals surface area contributed by atoms with Crippen LogP contribution in [-0.4, -0.2) is 13.1 Å². The van der Waals surface area contributed by atoms with Crippen LogP contribution >= 0.6 is 0 Å². The maximum absolute atomic E-state index is 12.0. The topological polar surface area (TPSA) is 65.7 Å². The fourth-order valence-electron chi connectivity index (χ4n) is 2.53. The van der Waals surface area contributed by atoms with Crippen LogP contribution in [0.2, 0.25) is 0 Å². The van der Waals surface area contributed by atoms with Gasteiger partial charge in [0.15, 0.2) is 0 Å². The summed E-state index contributed by atoms with van der Waals surface area (Å²) in [5.74, 6) is 0.254. The first-order valence-electron chi connectivity index (χ1n) is 8.07. The number of benzene rings is 2. The second-order valence-corrected chi connectivity index (χ2v) is 5.80. The van der Waals surface area contributed by atoms with Crippen LogP contribution in [-0.2, 0) is 16.1 Å². The van der Waals surface area contributed by atoms with Crippen LogP contribution in [0, 0.1) is 6.92 Å². The number of carbonyl (C=O) groups excluding carboxylic acids is 1. The van der Waals surface area contributed by atoms with Gasteiger partial charge in [0.05, 0.1) is 7.11 Å². The third-order valence-electron chi connectivity index (χ3n) is 3.88. The number of fused-ring (bicyclic) bond motifs is 1. The SMILES string of the molecule is COc1ccc(C=CC(=O)OCc2cc(=O)oc3cc(C)ccc23)cc1. The van der Waals surface area contributed by atoms with Crippen molar-refractivity contribution in [2.75, 3.05) is 7.11 Å². The van der Waals surface area contributed by atoms with Crippen LogP contribution in [0.1, 0.15) is 16.7 Å². The highest BCUT2D eigenvalue weighted by Gasteiger charge is 2.08. The maximum atomic E-state index is 12.0. The third-order valence-corrected chi connectivity index (χ3v) is 3.88. The Morgan fingerprint density at radius 3 is 2.62 bits per heavy atom. The normalized spacial score (nSPS) is 11.0. The van der Waals surface area contributed by atoms with Gasteiger partial charge in [-0.1, -0.05) is 24.3 Å². The summed E-state index contributed by atoms with van der Waals surface area (Å²) in [4.78, 5) is 23.6. The van der Waals surface area contributed by atoms with Gasteiger partial charge in [-0.25, -0.2) is 9.59 Å². The molecule has 0 saturated heterocycles. The molecule has 1 heterocycles.